The van der Waals surface area contributed by atoms with Crippen molar-refractivity contribution in [3.8, 4) is 0 Å². The molecule has 0 aliphatic rings. The van der Waals surface area contributed by atoms with Gasteiger partial charge in [-0.3, -0.25) is 9.59 Å². The van der Waals surface area contributed by atoms with Gasteiger partial charge in [-0.25, -0.2) is 5.43 Å². The molecule has 0 fully saturated rings. The summed E-state index contributed by atoms with van der Waals surface area (Å²) in [6.07, 6.45) is 2.99. The topological polar surface area (TPSA) is 70.6 Å². The summed E-state index contributed by atoms with van der Waals surface area (Å²) in [4.78, 5) is 23.4. The van der Waals surface area contributed by atoms with Crippen molar-refractivity contribution < 1.29 is 9.59 Å². The highest BCUT2D eigenvalue weighted by atomic mass is 35.5. The van der Waals surface area contributed by atoms with E-state index in [-0.39, 0.29) is 15.7 Å². The number of nitrogens with one attached hydrogen (secondary N) is 2. The van der Waals surface area contributed by atoms with Crippen LogP contribution in [0.25, 0.3) is 0 Å². The Labute approximate surface area is 149 Å². The number of amides is 2. The molecule has 0 saturated carbocycles. The third-order valence-corrected chi connectivity index (χ3v) is 3.89. The Kier molecular flexibility index (Phi) is 6.78. The standard InChI is InChI=1S/C17H15Cl2N3O2/c18-13-9-4-10-14(15(13)19)21-16(23)17(24)22-20-11-5-8-12-6-2-1-3-7-12/h1-4,6-7,9-11H,5,8H2,(H,21,23)(H,22,24)/b20-11+. The lowest BCUT2D eigenvalue weighted by molar-refractivity contribution is -0.136. The van der Waals surface area contributed by atoms with Crippen molar-refractivity contribution in [2.24, 2.45) is 5.10 Å². The fourth-order valence-corrected chi connectivity index (χ4v) is 2.22. The average Bonchev–Trinajstić information content (AvgIpc) is 2.59. The van der Waals surface area contributed by atoms with Crippen LogP contribution < -0.4 is 10.7 Å². The van der Waals surface area contributed by atoms with Gasteiger partial charge in [0.2, 0.25) is 0 Å². The van der Waals surface area contributed by atoms with E-state index in [1.54, 1.807) is 24.4 Å². The van der Waals surface area contributed by atoms with E-state index in [0.29, 0.717) is 6.42 Å². The molecule has 2 rings (SSSR count). The van der Waals surface area contributed by atoms with Crippen LogP contribution in [0.3, 0.4) is 0 Å². The van der Waals surface area contributed by atoms with E-state index in [9.17, 15) is 9.59 Å². The summed E-state index contributed by atoms with van der Waals surface area (Å²) < 4.78 is 0. The molecule has 2 aromatic rings. The normalized spacial score (nSPS) is 10.6. The molecular formula is C17H15Cl2N3O2. The molecule has 2 aromatic carbocycles. The lowest BCUT2D eigenvalue weighted by atomic mass is 10.1. The summed E-state index contributed by atoms with van der Waals surface area (Å²) in [5.74, 6) is -1.76. The molecule has 0 radical (unpaired) electrons. The molecule has 24 heavy (non-hydrogen) atoms. The smallest absolute Gasteiger partial charge is 0.316 e. The number of nitrogens with zero attached hydrogens (tertiary/aromatic N) is 1. The number of carbonyl (C=O) groups excluding carboxylic acids is 2. The van der Waals surface area contributed by atoms with Gasteiger partial charge >= 0.3 is 11.8 Å². The predicted molar refractivity (Wildman–Crippen MR) is 96.5 cm³/mol. The van der Waals surface area contributed by atoms with Crippen molar-refractivity contribution in [1.82, 2.24) is 5.43 Å². The molecule has 0 bridgehead atoms. The van der Waals surface area contributed by atoms with Crippen LogP contribution in [0.4, 0.5) is 5.69 Å². The molecule has 0 atom stereocenters. The van der Waals surface area contributed by atoms with Crippen LogP contribution in [-0.4, -0.2) is 18.0 Å². The molecule has 5 nitrogen and oxygen atoms in total. The van der Waals surface area contributed by atoms with Crippen molar-refractivity contribution >= 4 is 46.9 Å². The summed E-state index contributed by atoms with van der Waals surface area (Å²) in [6.45, 7) is 0. The van der Waals surface area contributed by atoms with Crippen LogP contribution in [0.2, 0.25) is 10.0 Å². The zero-order valence-electron chi connectivity index (χ0n) is 12.6. The molecule has 0 heterocycles. The van der Waals surface area contributed by atoms with Gasteiger partial charge in [-0.05, 0) is 30.5 Å². The van der Waals surface area contributed by atoms with Crippen LogP contribution in [0.1, 0.15) is 12.0 Å². The second-order valence-corrected chi connectivity index (χ2v) is 5.62. The van der Waals surface area contributed by atoms with Gasteiger partial charge in [0.1, 0.15) is 0 Å². The maximum absolute atomic E-state index is 11.8. The maximum atomic E-state index is 11.8. The molecule has 2 N–H and O–H groups in total. The van der Waals surface area contributed by atoms with Crippen molar-refractivity contribution in [2.75, 3.05) is 5.32 Å². The number of hydrazone groups is 1. The van der Waals surface area contributed by atoms with Gasteiger partial charge in [-0.1, -0.05) is 59.6 Å². The van der Waals surface area contributed by atoms with Crippen LogP contribution in [0.5, 0.6) is 0 Å². The molecule has 0 saturated heterocycles. The zero-order chi connectivity index (χ0) is 17.4. The van der Waals surface area contributed by atoms with Gasteiger partial charge in [0.05, 0.1) is 15.7 Å². The summed E-state index contributed by atoms with van der Waals surface area (Å²) >= 11 is 11.8. The summed E-state index contributed by atoms with van der Waals surface area (Å²) in [5, 5.41) is 6.58. The minimum Gasteiger partial charge on any atom is -0.316 e. The van der Waals surface area contributed by atoms with E-state index >= 15 is 0 Å². The van der Waals surface area contributed by atoms with E-state index in [0.717, 1.165) is 6.42 Å². The van der Waals surface area contributed by atoms with Gasteiger partial charge in [0, 0.05) is 6.21 Å². The highest BCUT2D eigenvalue weighted by Crippen LogP contribution is 2.29. The Balaban J connectivity index is 1.78. The van der Waals surface area contributed by atoms with Crippen LogP contribution in [-0.2, 0) is 16.0 Å². The molecule has 0 aliphatic heterocycles. The Morgan fingerprint density at radius 1 is 1.00 bits per heavy atom. The van der Waals surface area contributed by atoms with Gasteiger partial charge in [-0.2, -0.15) is 5.10 Å². The minimum atomic E-state index is -0.887. The third kappa shape index (κ3) is 5.37. The molecule has 0 aromatic heterocycles. The number of anilines is 1. The number of carbonyl (C=O) groups is 2. The van der Waals surface area contributed by atoms with E-state index in [1.165, 1.54) is 5.56 Å². The fourth-order valence-electron chi connectivity index (χ4n) is 1.87. The Hall–Kier alpha value is -2.37. The Morgan fingerprint density at radius 2 is 1.75 bits per heavy atom. The number of hydrogen-bond acceptors (Lipinski definition) is 3. The van der Waals surface area contributed by atoms with Crippen molar-refractivity contribution in [3.63, 3.8) is 0 Å². The molecular weight excluding hydrogens is 349 g/mol. The van der Waals surface area contributed by atoms with E-state index in [1.807, 2.05) is 30.3 Å². The zero-order valence-corrected chi connectivity index (χ0v) is 14.1. The monoisotopic (exact) mass is 363 g/mol. The first-order valence-electron chi connectivity index (χ1n) is 7.18. The number of benzene rings is 2. The van der Waals surface area contributed by atoms with E-state index in [4.69, 9.17) is 23.2 Å². The summed E-state index contributed by atoms with van der Waals surface area (Å²) in [5.41, 5.74) is 3.60. The van der Waals surface area contributed by atoms with Crippen LogP contribution >= 0.6 is 23.2 Å². The Bertz CT molecular complexity index is 749. The molecule has 0 unspecified atom stereocenters. The number of hydrogen-bond donors (Lipinski definition) is 2. The summed E-state index contributed by atoms with van der Waals surface area (Å²) in [7, 11) is 0. The SMILES string of the molecule is O=C(N/N=C/CCc1ccccc1)C(=O)Nc1cccc(Cl)c1Cl. The number of rotatable bonds is 5. The first-order valence-corrected chi connectivity index (χ1v) is 7.94. The number of aryl methyl sites for hydroxylation is 1. The quantitative estimate of drug-likeness (QED) is 0.483. The molecule has 124 valence electrons. The van der Waals surface area contributed by atoms with Gasteiger partial charge < -0.3 is 5.32 Å². The minimum absolute atomic E-state index is 0.173. The first kappa shape index (κ1) is 18.0. The second-order valence-electron chi connectivity index (χ2n) is 4.83. The summed E-state index contributed by atoms with van der Waals surface area (Å²) in [6, 6.07) is 14.6. The van der Waals surface area contributed by atoms with Crippen molar-refractivity contribution in [3.05, 3.63) is 64.1 Å². The van der Waals surface area contributed by atoms with Crippen molar-refractivity contribution in [1.29, 1.82) is 0 Å². The fraction of sp³-hybridized carbons (Fsp3) is 0.118. The van der Waals surface area contributed by atoms with E-state index in [2.05, 4.69) is 15.8 Å². The highest BCUT2D eigenvalue weighted by molar-refractivity contribution is 6.45. The molecule has 0 aliphatic carbocycles. The Morgan fingerprint density at radius 3 is 2.50 bits per heavy atom. The second kappa shape index (κ2) is 9.05. The van der Waals surface area contributed by atoms with Gasteiger partial charge in [0.25, 0.3) is 0 Å². The van der Waals surface area contributed by atoms with E-state index < -0.39 is 11.8 Å². The third-order valence-electron chi connectivity index (χ3n) is 3.07. The van der Waals surface area contributed by atoms with Gasteiger partial charge in [0.15, 0.2) is 0 Å². The van der Waals surface area contributed by atoms with Crippen LogP contribution in [0, 0.1) is 0 Å². The predicted octanol–water partition coefficient (Wildman–Crippen LogP) is 3.67. The average molecular weight is 364 g/mol. The van der Waals surface area contributed by atoms with Crippen molar-refractivity contribution in [2.45, 2.75) is 12.8 Å². The lowest BCUT2D eigenvalue weighted by Crippen LogP contribution is -2.32. The lowest BCUT2D eigenvalue weighted by Gasteiger charge is -2.06. The number of halogens is 2. The maximum Gasteiger partial charge on any atom is 0.329 e. The molecule has 2 amide bonds. The van der Waals surface area contributed by atoms with Crippen LogP contribution in [0.15, 0.2) is 53.6 Å². The van der Waals surface area contributed by atoms with Gasteiger partial charge in [-0.15, -0.1) is 0 Å². The highest BCUT2D eigenvalue weighted by Gasteiger charge is 2.15. The molecule has 0 spiro atoms. The molecule has 7 heteroatoms. The first-order chi connectivity index (χ1) is 11.6. The largest absolute Gasteiger partial charge is 0.329 e.